The van der Waals surface area contributed by atoms with Gasteiger partial charge in [0.15, 0.2) is 0 Å². The van der Waals surface area contributed by atoms with E-state index in [1.807, 2.05) is 4.90 Å². The molecule has 2 rings (SSSR count). The minimum atomic E-state index is -0.112. The van der Waals surface area contributed by atoms with Gasteiger partial charge in [0.05, 0.1) is 11.2 Å². The molecule has 0 saturated carbocycles. The number of nitrogens with zero attached hydrogens (tertiary/aromatic N) is 2. The minimum absolute atomic E-state index is 0.0112. The molecule has 1 aromatic rings. The van der Waals surface area contributed by atoms with Crippen molar-refractivity contribution in [2.75, 3.05) is 19.7 Å². The lowest BCUT2D eigenvalue weighted by molar-refractivity contribution is 0.0339. The number of amides is 1. The topological polar surface area (TPSA) is 53.4 Å². The molecule has 0 atom stereocenters. The Kier molecular flexibility index (Phi) is 4.73. The van der Waals surface area contributed by atoms with Crippen LogP contribution in [0.2, 0.25) is 0 Å². The van der Waals surface area contributed by atoms with Crippen molar-refractivity contribution in [2.45, 2.75) is 52.4 Å². The van der Waals surface area contributed by atoms with Crippen molar-refractivity contribution < 1.29 is 9.90 Å². The third kappa shape index (κ3) is 3.29. The molecule has 2 heterocycles. The van der Waals surface area contributed by atoms with Crippen LogP contribution in [-0.2, 0) is 5.41 Å². The Hall–Kier alpha value is -0.940. The molecule has 1 aliphatic rings. The Labute approximate surface area is 131 Å². The summed E-state index contributed by atoms with van der Waals surface area (Å²) in [5.41, 5.74) is 2.56. The maximum Gasteiger partial charge on any atom is 0.265 e. The number of piperidine rings is 1. The van der Waals surface area contributed by atoms with Crippen molar-refractivity contribution >= 4 is 17.2 Å². The highest BCUT2D eigenvalue weighted by molar-refractivity contribution is 7.11. The maximum absolute atomic E-state index is 12.7. The fraction of sp³-hybridized carbons (Fsp3) is 0.750. The molecule has 118 valence electrons. The number of likely N-dealkylation sites (tertiary alicyclic amines) is 1. The van der Waals surface area contributed by atoms with E-state index in [1.165, 1.54) is 11.3 Å². The second-order valence-electron chi connectivity index (χ2n) is 7.08. The van der Waals surface area contributed by atoms with Crippen molar-refractivity contribution in [1.29, 1.82) is 0 Å². The van der Waals surface area contributed by atoms with Gasteiger partial charge in [-0.15, -0.1) is 11.3 Å². The number of aromatic nitrogens is 1. The fourth-order valence-electron chi connectivity index (χ4n) is 2.88. The summed E-state index contributed by atoms with van der Waals surface area (Å²) in [6, 6.07) is 0. The van der Waals surface area contributed by atoms with Gasteiger partial charge in [-0.3, -0.25) is 4.79 Å². The number of aliphatic hydroxyl groups is 1. The van der Waals surface area contributed by atoms with E-state index in [0.29, 0.717) is 0 Å². The number of carbonyl (C=O) groups excluding carboxylic acids is 1. The molecule has 5 heteroatoms. The minimum Gasteiger partial charge on any atom is -0.396 e. The lowest BCUT2D eigenvalue weighted by atomic mass is 9.77. The Bertz CT molecular complexity index is 491. The molecule has 0 spiro atoms. The lowest BCUT2D eigenvalue weighted by Crippen LogP contribution is -2.44. The molecule has 1 fully saturated rings. The fourth-order valence-corrected chi connectivity index (χ4v) is 3.85. The summed E-state index contributed by atoms with van der Waals surface area (Å²) in [5, 5.41) is 9.59. The molecule has 0 radical (unpaired) electrons. The van der Waals surface area contributed by atoms with Gasteiger partial charge in [0, 0.05) is 25.1 Å². The Morgan fingerprint density at radius 3 is 2.52 bits per heavy atom. The van der Waals surface area contributed by atoms with Crippen molar-refractivity contribution in [2.24, 2.45) is 5.41 Å². The molecule has 1 aliphatic heterocycles. The molecule has 4 nitrogen and oxygen atoms in total. The molecule has 0 aliphatic carbocycles. The monoisotopic (exact) mass is 310 g/mol. The molecule has 0 aromatic carbocycles. The van der Waals surface area contributed by atoms with Crippen LogP contribution in [-0.4, -0.2) is 40.6 Å². The van der Waals surface area contributed by atoms with Crippen LogP contribution >= 0.6 is 11.3 Å². The highest BCUT2D eigenvalue weighted by Gasteiger charge is 2.35. The normalized spacial score (nSPS) is 18.8. The van der Waals surface area contributed by atoms with Crippen molar-refractivity contribution in [3.63, 3.8) is 0 Å². The molecular formula is C16H26N2O2S. The van der Waals surface area contributed by atoms with Gasteiger partial charge in [-0.05, 0) is 24.7 Å². The first kappa shape index (κ1) is 16.4. The third-order valence-corrected chi connectivity index (χ3v) is 5.48. The van der Waals surface area contributed by atoms with E-state index in [-0.39, 0.29) is 23.3 Å². The zero-order chi connectivity index (χ0) is 15.7. The molecule has 1 amide bonds. The highest BCUT2D eigenvalue weighted by atomic mass is 32.1. The van der Waals surface area contributed by atoms with Crippen LogP contribution in [0.1, 0.15) is 62.3 Å². The van der Waals surface area contributed by atoms with Gasteiger partial charge in [-0.1, -0.05) is 27.7 Å². The van der Waals surface area contributed by atoms with E-state index in [0.717, 1.165) is 42.9 Å². The predicted molar refractivity (Wildman–Crippen MR) is 85.8 cm³/mol. The van der Waals surface area contributed by atoms with E-state index in [1.54, 1.807) is 5.51 Å². The molecule has 1 saturated heterocycles. The number of rotatable bonds is 3. The van der Waals surface area contributed by atoms with E-state index in [2.05, 4.69) is 32.7 Å². The van der Waals surface area contributed by atoms with Gasteiger partial charge in [-0.25, -0.2) is 4.98 Å². The van der Waals surface area contributed by atoms with Crippen LogP contribution in [0, 0.1) is 5.41 Å². The summed E-state index contributed by atoms with van der Waals surface area (Å²) in [7, 11) is 0. The standard InChI is InChI=1S/C16H26N2O2S/c1-5-16(10-19)6-8-18(9-7-16)14(20)12-13(15(2,3)4)17-11-21-12/h11,19H,5-10H2,1-4H3. The largest absolute Gasteiger partial charge is 0.396 e. The van der Waals surface area contributed by atoms with Crippen molar-refractivity contribution in [1.82, 2.24) is 9.88 Å². The Morgan fingerprint density at radius 2 is 2.05 bits per heavy atom. The molecule has 1 N–H and O–H groups in total. The van der Waals surface area contributed by atoms with Crippen LogP contribution < -0.4 is 0 Å². The Morgan fingerprint density at radius 1 is 1.43 bits per heavy atom. The predicted octanol–water partition coefficient (Wildman–Crippen LogP) is 3.07. The summed E-state index contributed by atoms with van der Waals surface area (Å²) in [4.78, 5) is 19.8. The number of hydrogen-bond donors (Lipinski definition) is 1. The summed E-state index contributed by atoms with van der Waals surface area (Å²) in [5.74, 6) is 0.102. The number of thiazole rings is 1. The second-order valence-corrected chi connectivity index (χ2v) is 7.94. The average molecular weight is 310 g/mol. The first-order valence-electron chi connectivity index (χ1n) is 7.67. The van der Waals surface area contributed by atoms with E-state index in [9.17, 15) is 9.90 Å². The smallest absolute Gasteiger partial charge is 0.265 e. The van der Waals surface area contributed by atoms with Gasteiger partial charge in [0.2, 0.25) is 0 Å². The number of hydrogen-bond acceptors (Lipinski definition) is 4. The summed E-state index contributed by atoms with van der Waals surface area (Å²) in [6.45, 7) is 10.1. The molecule has 21 heavy (non-hydrogen) atoms. The van der Waals surface area contributed by atoms with Gasteiger partial charge in [-0.2, -0.15) is 0 Å². The van der Waals surface area contributed by atoms with Crippen LogP contribution in [0.3, 0.4) is 0 Å². The molecule has 0 unspecified atom stereocenters. The number of carbonyl (C=O) groups is 1. The quantitative estimate of drug-likeness (QED) is 0.933. The SMILES string of the molecule is CCC1(CO)CCN(C(=O)c2scnc2C(C)(C)C)CC1. The maximum atomic E-state index is 12.7. The number of aliphatic hydroxyl groups excluding tert-OH is 1. The van der Waals surface area contributed by atoms with Crippen LogP contribution in [0.4, 0.5) is 0 Å². The van der Waals surface area contributed by atoms with Gasteiger partial charge in [0.1, 0.15) is 4.88 Å². The van der Waals surface area contributed by atoms with E-state index < -0.39 is 0 Å². The second kappa shape index (κ2) is 6.05. The van der Waals surface area contributed by atoms with Crippen molar-refractivity contribution in [3.8, 4) is 0 Å². The van der Waals surface area contributed by atoms with Gasteiger partial charge in [0.25, 0.3) is 5.91 Å². The first-order valence-corrected chi connectivity index (χ1v) is 8.55. The van der Waals surface area contributed by atoms with Gasteiger partial charge < -0.3 is 10.0 Å². The summed E-state index contributed by atoms with van der Waals surface area (Å²) < 4.78 is 0. The first-order chi connectivity index (χ1) is 9.83. The van der Waals surface area contributed by atoms with Crippen LogP contribution in [0.15, 0.2) is 5.51 Å². The summed E-state index contributed by atoms with van der Waals surface area (Å²) >= 11 is 1.44. The zero-order valence-corrected chi connectivity index (χ0v) is 14.3. The van der Waals surface area contributed by atoms with Crippen LogP contribution in [0.25, 0.3) is 0 Å². The van der Waals surface area contributed by atoms with Gasteiger partial charge >= 0.3 is 0 Å². The zero-order valence-electron chi connectivity index (χ0n) is 13.5. The molecule has 1 aromatic heterocycles. The van der Waals surface area contributed by atoms with Crippen molar-refractivity contribution in [3.05, 3.63) is 16.1 Å². The van der Waals surface area contributed by atoms with Crippen LogP contribution in [0.5, 0.6) is 0 Å². The Balaban J connectivity index is 2.11. The van der Waals surface area contributed by atoms with E-state index in [4.69, 9.17) is 0 Å². The summed E-state index contributed by atoms with van der Waals surface area (Å²) in [6.07, 6.45) is 2.74. The highest BCUT2D eigenvalue weighted by Crippen LogP contribution is 2.35. The third-order valence-electron chi connectivity index (χ3n) is 4.67. The lowest BCUT2D eigenvalue weighted by Gasteiger charge is -2.40. The molecular weight excluding hydrogens is 284 g/mol. The average Bonchev–Trinajstić information content (AvgIpc) is 2.96. The molecule has 0 bridgehead atoms. The van der Waals surface area contributed by atoms with E-state index >= 15 is 0 Å².